The lowest BCUT2D eigenvalue weighted by Crippen LogP contribution is -1.96. The Morgan fingerprint density at radius 3 is 2.71 bits per heavy atom. The van der Waals surface area contributed by atoms with Crippen molar-refractivity contribution in [2.24, 2.45) is 4.99 Å². The second-order valence-electron chi connectivity index (χ2n) is 5.60. The molecule has 0 amide bonds. The van der Waals surface area contributed by atoms with Gasteiger partial charge in [-0.2, -0.15) is 0 Å². The van der Waals surface area contributed by atoms with Crippen LogP contribution in [-0.2, 0) is 4.74 Å². The van der Waals surface area contributed by atoms with Crippen molar-refractivity contribution in [1.29, 1.82) is 0 Å². The molecule has 0 fully saturated rings. The number of allylic oxidation sites excluding steroid dienone is 1. The largest absolute Gasteiger partial charge is 0.494 e. The fourth-order valence-electron chi connectivity index (χ4n) is 2.65. The number of aromatic nitrogens is 1. The van der Waals surface area contributed by atoms with Gasteiger partial charge in [0.2, 0.25) is 0 Å². The third-order valence-electron chi connectivity index (χ3n) is 3.80. The summed E-state index contributed by atoms with van der Waals surface area (Å²) in [6.07, 6.45) is 3.71. The Bertz CT molecular complexity index is 904. The number of ether oxygens (including phenoxy) is 1. The summed E-state index contributed by atoms with van der Waals surface area (Å²) in [7, 11) is 1.58. The van der Waals surface area contributed by atoms with E-state index in [4.69, 9.17) is 4.74 Å². The van der Waals surface area contributed by atoms with Gasteiger partial charge in [0.25, 0.3) is 5.69 Å². The number of H-pyrrole nitrogens is 1. The van der Waals surface area contributed by atoms with Crippen LogP contribution in [0.1, 0.15) is 22.5 Å². The van der Waals surface area contributed by atoms with Gasteiger partial charge in [-0.3, -0.25) is 10.1 Å². The Kier molecular flexibility index (Phi) is 4.04. The lowest BCUT2D eigenvalue weighted by molar-refractivity contribution is -0.384. The van der Waals surface area contributed by atoms with Crippen molar-refractivity contribution in [3.05, 3.63) is 80.5 Å². The van der Waals surface area contributed by atoms with E-state index in [-0.39, 0.29) is 5.69 Å². The minimum Gasteiger partial charge on any atom is -0.494 e. The van der Waals surface area contributed by atoms with Crippen molar-refractivity contribution in [1.82, 2.24) is 4.98 Å². The molecule has 6 heteroatoms. The zero-order valence-corrected chi connectivity index (χ0v) is 13.7. The van der Waals surface area contributed by atoms with Crippen LogP contribution in [-0.4, -0.2) is 22.7 Å². The number of hydrogen-bond donors (Lipinski definition) is 1. The molecule has 0 unspecified atom stereocenters. The first-order valence-electron chi connectivity index (χ1n) is 7.45. The molecule has 0 saturated heterocycles. The zero-order valence-electron chi connectivity index (χ0n) is 13.7. The van der Waals surface area contributed by atoms with E-state index in [0.29, 0.717) is 22.7 Å². The Hall–Kier alpha value is -3.15. The molecular formula is C18H17N3O3. The summed E-state index contributed by atoms with van der Waals surface area (Å²) < 4.78 is 5.40. The summed E-state index contributed by atoms with van der Waals surface area (Å²) >= 11 is 0. The second kappa shape index (κ2) is 6.16. The normalized spacial score (nSPS) is 15.4. The number of benzene rings is 1. The minimum absolute atomic E-state index is 0.0378. The topological polar surface area (TPSA) is 80.5 Å². The fourth-order valence-corrected chi connectivity index (χ4v) is 2.65. The molecule has 1 aliphatic heterocycles. The van der Waals surface area contributed by atoms with Crippen molar-refractivity contribution in [3.63, 3.8) is 0 Å². The zero-order chi connectivity index (χ0) is 17.3. The summed E-state index contributed by atoms with van der Waals surface area (Å²) in [6.45, 7) is 4.01. The van der Waals surface area contributed by atoms with Gasteiger partial charge < -0.3 is 9.72 Å². The van der Waals surface area contributed by atoms with E-state index < -0.39 is 4.92 Å². The Morgan fingerprint density at radius 1 is 1.29 bits per heavy atom. The van der Waals surface area contributed by atoms with Gasteiger partial charge in [0.1, 0.15) is 11.5 Å². The highest BCUT2D eigenvalue weighted by molar-refractivity contribution is 6.12. The molecular weight excluding hydrogens is 306 g/mol. The summed E-state index contributed by atoms with van der Waals surface area (Å²) in [5.74, 6) is 0.628. The number of hydrogen-bond acceptors (Lipinski definition) is 4. The molecule has 0 saturated carbocycles. The van der Waals surface area contributed by atoms with Crippen molar-refractivity contribution in [3.8, 4) is 0 Å². The fraction of sp³-hybridized carbons (Fsp3) is 0.167. The number of nitrogens with zero attached hydrogens (tertiary/aromatic N) is 2. The number of aliphatic imine (C=N–C) groups is 1. The predicted octanol–water partition coefficient (Wildman–Crippen LogP) is 3.91. The van der Waals surface area contributed by atoms with Gasteiger partial charge in [-0.05, 0) is 31.6 Å². The maximum absolute atomic E-state index is 10.9. The maximum atomic E-state index is 10.9. The summed E-state index contributed by atoms with van der Waals surface area (Å²) in [6, 6.07) is 8.47. The van der Waals surface area contributed by atoms with Gasteiger partial charge in [0.05, 0.1) is 17.7 Å². The van der Waals surface area contributed by atoms with Crippen molar-refractivity contribution >= 4 is 17.5 Å². The highest BCUT2D eigenvalue weighted by atomic mass is 16.6. The van der Waals surface area contributed by atoms with E-state index in [1.807, 2.05) is 19.9 Å². The smallest absolute Gasteiger partial charge is 0.270 e. The summed E-state index contributed by atoms with van der Waals surface area (Å²) in [5.41, 5.74) is 5.20. The quantitative estimate of drug-likeness (QED) is 0.684. The van der Waals surface area contributed by atoms with E-state index in [1.54, 1.807) is 25.3 Å². The number of aryl methyl sites for hydroxylation is 2. The summed E-state index contributed by atoms with van der Waals surface area (Å²) in [4.78, 5) is 18.4. The van der Waals surface area contributed by atoms with Crippen LogP contribution < -0.4 is 0 Å². The third kappa shape index (κ3) is 2.99. The number of rotatable bonds is 4. The van der Waals surface area contributed by atoms with Crippen molar-refractivity contribution in [2.75, 3.05) is 7.11 Å². The average Bonchev–Trinajstić information content (AvgIpc) is 3.10. The van der Waals surface area contributed by atoms with E-state index >= 15 is 0 Å². The molecule has 1 aromatic carbocycles. The van der Waals surface area contributed by atoms with Crippen LogP contribution in [0.2, 0.25) is 0 Å². The lowest BCUT2D eigenvalue weighted by Gasteiger charge is -2.01. The molecule has 24 heavy (non-hydrogen) atoms. The highest BCUT2D eigenvalue weighted by Gasteiger charge is 2.18. The first-order chi connectivity index (χ1) is 11.5. The second-order valence-corrected chi connectivity index (χ2v) is 5.60. The molecule has 2 heterocycles. The molecule has 0 aliphatic carbocycles. The van der Waals surface area contributed by atoms with Crippen LogP contribution in [0.25, 0.3) is 6.08 Å². The molecule has 1 aliphatic rings. The van der Waals surface area contributed by atoms with Gasteiger partial charge in [-0.15, -0.1) is 0 Å². The van der Waals surface area contributed by atoms with Crippen LogP contribution in [0.5, 0.6) is 0 Å². The van der Waals surface area contributed by atoms with Gasteiger partial charge >= 0.3 is 0 Å². The van der Waals surface area contributed by atoms with E-state index in [9.17, 15) is 10.1 Å². The molecule has 3 rings (SSSR count). The van der Waals surface area contributed by atoms with Crippen LogP contribution in [0.4, 0.5) is 5.69 Å². The van der Waals surface area contributed by atoms with E-state index in [1.165, 1.54) is 12.1 Å². The SMILES string of the molecule is COC1=CC(c2cccc([N+](=O)[O-])c2)=N/C1=C/c1[nH]c(C)cc1C. The molecule has 0 atom stereocenters. The molecule has 1 N–H and O–H groups in total. The monoisotopic (exact) mass is 323 g/mol. The first-order valence-corrected chi connectivity index (χ1v) is 7.45. The van der Waals surface area contributed by atoms with Gasteiger partial charge in [-0.1, -0.05) is 12.1 Å². The number of non-ortho nitro benzene ring substituents is 1. The number of methoxy groups -OCH3 is 1. The van der Waals surface area contributed by atoms with Crippen molar-refractivity contribution < 1.29 is 9.66 Å². The minimum atomic E-state index is -0.415. The van der Waals surface area contributed by atoms with E-state index in [0.717, 1.165) is 17.0 Å². The van der Waals surface area contributed by atoms with E-state index in [2.05, 4.69) is 16.0 Å². The average molecular weight is 323 g/mol. The Labute approximate surface area is 139 Å². The Morgan fingerprint density at radius 2 is 2.08 bits per heavy atom. The number of aromatic amines is 1. The molecule has 2 aromatic rings. The van der Waals surface area contributed by atoms with Crippen molar-refractivity contribution in [2.45, 2.75) is 13.8 Å². The van der Waals surface area contributed by atoms with Crippen LogP contribution in [0, 0.1) is 24.0 Å². The van der Waals surface area contributed by atoms with Gasteiger partial charge in [0, 0.05) is 35.2 Å². The number of nitro groups is 1. The molecule has 1 aromatic heterocycles. The summed E-state index contributed by atoms with van der Waals surface area (Å²) in [5, 5.41) is 10.9. The van der Waals surface area contributed by atoms with Gasteiger partial charge in [-0.25, -0.2) is 4.99 Å². The molecule has 122 valence electrons. The number of nitro benzene ring substituents is 1. The maximum Gasteiger partial charge on any atom is 0.270 e. The van der Waals surface area contributed by atoms with Crippen LogP contribution >= 0.6 is 0 Å². The predicted molar refractivity (Wildman–Crippen MR) is 93.0 cm³/mol. The lowest BCUT2D eigenvalue weighted by atomic mass is 10.1. The third-order valence-corrected chi connectivity index (χ3v) is 3.80. The molecule has 0 bridgehead atoms. The molecule has 0 spiro atoms. The Balaban J connectivity index is 2.02. The van der Waals surface area contributed by atoms with Crippen LogP contribution in [0.3, 0.4) is 0 Å². The number of nitrogens with one attached hydrogen (secondary N) is 1. The van der Waals surface area contributed by atoms with Gasteiger partial charge in [0.15, 0.2) is 0 Å². The van der Waals surface area contributed by atoms with Crippen LogP contribution in [0.15, 0.2) is 52.9 Å². The standard InChI is InChI=1S/C18H17N3O3/c1-11-7-12(2)19-15(11)9-17-18(24-3)10-16(20-17)13-5-4-6-14(8-13)21(22)23/h4-10,19H,1-3H3/b17-9+. The molecule has 6 nitrogen and oxygen atoms in total. The highest BCUT2D eigenvalue weighted by Crippen LogP contribution is 2.27. The first kappa shape index (κ1) is 15.7. The molecule has 0 radical (unpaired) electrons.